The number of hydrogen-bond donors (Lipinski definition) is 0. The van der Waals surface area contributed by atoms with Gasteiger partial charge in [0.1, 0.15) is 11.5 Å². The van der Waals surface area contributed by atoms with Crippen LogP contribution in [-0.2, 0) is 10.8 Å². The molecule has 1 nitrogen and oxygen atoms in total. The summed E-state index contributed by atoms with van der Waals surface area (Å²) < 4.78 is 7.14. The smallest absolute Gasteiger partial charge is 0.128 e. The lowest BCUT2D eigenvalue weighted by Crippen LogP contribution is -2.16. The summed E-state index contributed by atoms with van der Waals surface area (Å²) >= 11 is 3.45. The molecule has 0 heterocycles. The first-order valence-corrected chi connectivity index (χ1v) is 8.44. The van der Waals surface area contributed by atoms with Crippen LogP contribution >= 0.6 is 15.9 Å². The summed E-state index contributed by atoms with van der Waals surface area (Å²) in [6, 6.07) is 14.5. The van der Waals surface area contributed by atoms with Gasteiger partial charge in [-0.25, -0.2) is 0 Å². The third kappa shape index (κ3) is 4.36. The maximum absolute atomic E-state index is 6.08. The normalized spacial score (nSPS) is 12.3. The number of halogens is 1. The molecule has 0 aromatic heterocycles. The van der Waals surface area contributed by atoms with Crippen LogP contribution in [0.2, 0.25) is 0 Å². The summed E-state index contributed by atoms with van der Waals surface area (Å²) in [7, 11) is 0. The minimum atomic E-state index is 0.0963. The minimum absolute atomic E-state index is 0.0963. The summed E-state index contributed by atoms with van der Waals surface area (Å²) in [6.45, 7) is 13.4. The Balaban J connectivity index is 2.44. The summed E-state index contributed by atoms with van der Waals surface area (Å²) in [5.74, 6) is 1.76. The molecule has 0 aliphatic heterocycles. The Morgan fingerprint density at radius 1 is 0.682 bits per heavy atom. The molecule has 2 heteroatoms. The predicted octanol–water partition coefficient (Wildman–Crippen LogP) is 6.84. The van der Waals surface area contributed by atoms with E-state index >= 15 is 0 Å². The fourth-order valence-electron chi connectivity index (χ4n) is 2.16. The highest BCUT2D eigenvalue weighted by Crippen LogP contribution is 2.34. The van der Waals surface area contributed by atoms with Crippen molar-refractivity contribution >= 4 is 15.9 Å². The van der Waals surface area contributed by atoms with Crippen molar-refractivity contribution in [3.63, 3.8) is 0 Å². The van der Waals surface area contributed by atoms with Crippen molar-refractivity contribution in [3.05, 3.63) is 58.1 Å². The molecular formula is C20H25BrO. The summed E-state index contributed by atoms with van der Waals surface area (Å²) in [4.78, 5) is 0. The Labute approximate surface area is 142 Å². The predicted molar refractivity (Wildman–Crippen MR) is 98.1 cm³/mol. The van der Waals surface area contributed by atoms with Crippen molar-refractivity contribution in [1.29, 1.82) is 0 Å². The summed E-state index contributed by atoms with van der Waals surface area (Å²) in [5, 5.41) is 0. The van der Waals surface area contributed by atoms with Crippen LogP contribution < -0.4 is 4.74 Å². The fourth-order valence-corrected chi connectivity index (χ4v) is 2.43. The van der Waals surface area contributed by atoms with E-state index < -0.39 is 0 Å². The number of ether oxygens (including phenoxy) is 1. The highest BCUT2D eigenvalue weighted by molar-refractivity contribution is 9.10. The third-order valence-electron chi connectivity index (χ3n) is 3.69. The zero-order chi connectivity index (χ0) is 16.5. The van der Waals surface area contributed by atoms with E-state index in [2.05, 4.69) is 75.7 Å². The Kier molecular flexibility index (Phi) is 4.72. The van der Waals surface area contributed by atoms with Gasteiger partial charge in [-0.05, 0) is 58.4 Å². The molecule has 0 radical (unpaired) electrons. The van der Waals surface area contributed by atoms with Crippen molar-refractivity contribution < 1.29 is 4.74 Å². The van der Waals surface area contributed by atoms with Gasteiger partial charge in [-0.15, -0.1) is 0 Å². The molecular weight excluding hydrogens is 336 g/mol. The molecule has 2 rings (SSSR count). The Hall–Kier alpha value is -1.28. The van der Waals surface area contributed by atoms with Crippen molar-refractivity contribution in [2.45, 2.75) is 52.4 Å². The van der Waals surface area contributed by atoms with E-state index in [1.807, 2.05) is 24.3 Å². The van der Waals surface area contributed by atoms with Gasteiger partial charge in [-0.3, -0.25) is 0 Å². The van der Waals surface area contributed by atoms with Gasteiger partial charge in [0.05, 0.1) is 0 Å². The first kappa shape index (κ1) is 17.1. The van der Waals surface area contributed by atoms with Gasteiger partial charge in [-0.2, -0.15) is 0 Å². The van der Waals surface area contributed by atoms with E-state index in [1.165, 1.54) is 11.1 Å². The average Bonchev–Trinajstić information content (AvgIpc) is 2.39. The molecule has 22 heavy (non-hydrogen) atoms. The number of hydrogen-bond acceptors (Lipinski definition) is 1. The van der Waals surface area contributed by atoms with Crippen LogP contribution in [0.25, 0.3) is 0 Å². The second kappa shape index (κ2) is 6.08. The van der Waals surface area contributed by atoms with Crippen molar-refractivity contribution in [2.75, 3.05) is 0 Å². The SMILES string of the molecule is CC(C)(C)c1cc(Oc2ccc(Br)cc2)cc(C(C)(C)C)c1. The Bertz CT molecular complexity index is 611. The molecule has 0 N–H and O–H groups in total. The van der Waals surface area contributed by atoms with Gasteiger partial charge in [0.2, 0.25) is 0 Å². The molecule has 0 aliphatic rings. The van der Waals surface area contributed by atoms with Gasteiger partial charge in [0.15, 0.2) is 0 Å². The van der Waals surface area contributed by atoms with Crippen LogP contribution in [0.5, 0.6) is 11.5 Å². The van der Waals surface area contributed by atoms with Gasteiger partial charge >= 0.3 is 0 Å². The Morgan fingerprint density at radius 2 is 1.14 bits per heavy atom. The lowest BCUT2D eigenvalue weighted by atomic mass is 9.80. The molecule has 2 aromatic carbocycles. The zero-order valence-corrected chi connectivity index (χ0v) is 15.9. The molecule has 0 saturated heterocycles. The number of benzene rings is 2. The topological polar surface area (TPSA) is 9.23 Å². The maximum atomic E-state index is 6.08. The summed E-state index contributed by atoms with van der Waals surface area (Å²) in [6.07, 6.45) is 0. The van der Waals surface area contributed by atoms with Crippen LogP contribution in [0.1, 0.15) is 52.7 Å². The van der Waals surface area contributed by atoms with Gasteiger partial charge in [0, 0.05) is 4.47 Å². The molecule has 0 bridgehead atoms. The second-order valence-corrected chi connectivity index (χ2v) is 8.72. The average molecular weight is 361 g/mol. The van der Waals surface area contributed by atoms with Crippen LogP contribution in [0, 0.1) is 0 Å². The fraction of sp³-hybridized carbons (Fsp3) is 0.400. The summed E-state index contributed by atoms with van der Waals surface area (Å²) in [5.41, 5.74) is 2.79. The number of rotatable bonds is 2. The van der Waals surface area contributed by atoms with Crippen LogP contribution in [0.3, 0.4) is 0 Å². The first-order chi connectivity index (χ1) is 10.1. The van der Waals surface area contributed by atoms with E-state index in [0.717, 1.165) is 16.0 Å². The molecule has 2 aromatic rings. The van der Waals surface area contributed by atoms with Crippen LogP contribution in [-0.4, -0.2) is 0 Å². The van der Waals surface area contributed by atoms with E-state index in [9.17, 15) is 0 Å². The molecule has 0 aliphatic carbocycles. The molecule has 0 saturated carbocycles. The van der Waals surface area contributed by atoms with Crippen LogP contribution in [0.15, 0.2) is 46.9 Å². The van der Waals surface area contributed by atoms with Crippen molar-refractivity contribution in [3.8, 4) is 11.5 Å². The molecule has 0 atom stereocenters. The van der Waals surface area contributed by atoms with E-state index in [0.29, 0.717) is 0 Å². The van der Waals surface area contributed by atoms with Crippen molar-refractivity contribution in [1.82, 2.24) is 0 Å². The molecule has 0 spiro atoms. The highest BCUT2D eigenvalue weighted by atomic mass is 79.9. The standard InChI is InChI=1S/C20H25BrO/c1-19(2,3)14-11-15(20(4,5)6)13-18(12-14)22-17-9-7-16(21)8-10-17/h7-13H,1-6H3. The monoisotopic (exact) mass is 360 g/mol. The van der Waals surface area contributed by atoms with Crippen molar-refractivity contribution in [2.24, 2.45) is 0 Å². The lowest BCUT2D eigenvalue weighted by molar-refractivity contribution is 0.473. The molecule has 0 unspecified atom stereocenters. The Morgan fingerprint density at radius 3 is 1.55 bits per heavy atom. The highest BCUT2D eigenvalue weighted by Gasteiger charge is 2.21. The van der Waals surface area contributed by atoms with Gasteiger partial charge in [0.25, 0.3) is 0 Å². The van der Waals surface area contributed by atoms with E-state index in [1.54, 1.807) is 0 Å². The second-order valence-electron chi connectivity index (χ2n) is 7.80. The van der Waals surface area contributed by atoms with Gasteiger partial charge < -0.3 is 4.74 Å². The van der Waals surface area contributed by atoms with Gasteiger partial charge in [-0.1, -0.05) is 63.5 Å². The van der Waals surface area contributed by atoms with E-state index in [-0.39, 0.29) is 10.8 Å². The van der Waals surface area contributed by atoms with Crippen LogP contribution in [0.4, 0.5) is 0 Å². The van der Waals surface area contributed by atoms with E-state index in [4.69, 9.17) is 4.74 Å². The first-order valence-electron chi connectivity index (χ1n) is 7.65. The molecule has 0 fully saturated rings. The minimum Gasteiger partial charge on any atom is -0.457 e. The quantitative estimate of drug-likeness (QED) is 0.569. The lowest BCUT2D eigenvalue weighted by Gasteiger charge is -2.26. The zero-order valence-electron chi connectivity index (χ0n) is 14.3. The molecule has 0 amide bonds. The third-order valence-corrected chi connectivity index (χ3v) is 4.22. The molecule has 118 valence electrons. The maximum Gasteiger partial charge on any atom is 0.128 e. The largest absolute Gasteiger partial charge is 0.457 e.